The molecule has 1 atom stereocenters. The Morgan fingerprint density at radius 3 is 2.89 bits per heavy atom. The van der Waals surface area contributed by atoms with E-state index in [9.17, 15) is 13.2 Å². The molecule has 1 saturated heterocycles. The van der Waals surface area contributed by atoms with Crippen molar-refractivity contribution in [2.75, 3.05) is 31.6 Å². The molecule has 1 aromatic carbocycles. The summed E-state index contributed by atoms with van der Waals surface area (Å²) in [5, 5.41) is 3.40. The summed E-state index contributed by atoms with van der Waals surface area (Å²) in [4.78, 5) is 18.6. The number of thiazole rings is 1. The van der Waals surface area contributed by atoms with Gasteiger partial charge in [-0.15, -0.1) is 11.3 Å². The highest BCUT2D eigenvalue weighted by molar-refractivity contribution is 7.89. The molecular weight excluding hydrogens is 398 g/mol. The molecule has 2 aromatic rings. The zero-order valence-electron chi connectivity index (χ0n) is 15.7. The van der Waals surface area contributed by atoms with Crippen molar-refractivity contribution in [3.05, 3.63) is 40.4 Å². The van der Waals surface area contributed by atoms with E-state index in [1.807, 2.05) is 0 Å². The Morgan fingerprint density at radius 1 is 1.32 bits per heavy atom. The quantitative estimate of drug-likeness (QED) is 0.820. The van der Waals surface area contributed by atoms with Crippen LogP contribution in [0.4, 0.5) is 5.13 Å². The molecule has 7 nitrogen and oxygen atoms in total. The molecule has 0 unspecified atom stereocenters. The van der Waals surface area contributed by atoms with Crippen molar-refractivity contribution in [2.45, 2.75) is 31.1 Å². The minimum Gasteiger partial charge on any atom is -0.379 e. The SMILES string of the molecule is C[C@H]1CCc2nc(NC(=O)c3cccc(S(=O)(=O)N4CCOCC4)c3)sc2C1. The highest BCUT2D eigenvalue weighted by Gasteiger charge is 2.27. The van der Waals surface area contributed by atoms with E-state index in [1.165, 1.54) is 32.7 Å². The number of amides is 1. The molecule has 0 spiro atoms. The number of hydrogen-bond donors (Lipinski definition) is 1. The largest absolute Gasteiger partial charge is 0.379 e. The molecule has 150 valence electrons. The molecule has 1 fully saturated rings. The number of carbonyl (C=O) groups excluding carboxylic acids is 1. The highest BCUT2D eigenvalue weighted by atomic mass is 32.2. The molecule has 1 amide bonds. The minimum atomic E-state index is -3.64. The summed E-state index contributed by atoms with van der Waals surface area (Å²) in [5.74, 6) is 0.289. The van der Waals surface area contributed by atoms with Crippen molar-refractivity contribution < 1.29 is 17.9 Å². The highest BCUT2D eigenvalue weighted by Crippen LogP contribution is 2.32. The first-order valence-corrected chi connectivity index (χ1v) is 11.7. The van der Waals surface area contributed by atoms with Crippen LogP contribution >= 0.6 is 11.3 Å². The Hall–Kier alpha value is -1.81. The van der Waals surface area contributed by atoms with Crippen LogP contribution in [-0.2, 0) is 27.6 Å². The lowest BCUT2D eigenvalue weighted by Crippen LogP contribution is -2.40. The van der Waals surface area contributed by atoms with E-state index in [4.69, 9.17) is 4.74 Å². The van der Waals surface area contributed by atoms with Crippen molar-refractivity contribution >= 4 is 32.4 Å². The maximum atomic E-state index is 12.8. The Labute approximate surface area is 168 Å². The van der Waals surface area contributed by atoms with E-state index < -0.39 is 10.0 Å². The second kappa shape index (κ2) is 7.90. The van der Waals surface area contributed by atoms with Crippen LogP contribution in [0.1, 0.15) is 34.3 Å². The van der Waals surface area contributed by atoms with Crippen molar-refractivity contribution in [1.29, 1.82) is 0 Å². The minimum absolute atomic E-state index is 0.120. The van der Waals surface area contributed by atoms with Gasteiger partial charge in [0, 0.05) is 23.5 Å². The normalized spacial score (nSPS) is 20.5. The zero-order valence-corrected chi connectivity index (χ0v) is 17.3. The van der Waals surface area contributed by atoms with E-state index in [2.05, 4.69) is 17.2 Å². The summed E-state index contributed by atoms with van der Waals surface area (Å²) in [7, 11) is -3.64. The molecule has 1 aliphatic heterocycles. The molecule has 0 saturated carbocycles. The van der Waals surface area contributed by atoms with Crippen LogP contribution in [0.5, 0.6) is 0 Å². The van der Waals surface area contributed by atoms with Crippen LogP contribution in [0, 0.1) is 5.92 Å². The van der Waals surface area contributed by atoms with E-state index in [0.29, 0.717) is 42.9 Å². The number of aryl methyl sites for hydroxylation is 1. The van der Waals surface area contributed by atoms with Gasteiger partial charge < -0.3 is 4.74 Å². The summed E-state index contributed by atoms with van der Waals surface area (Å²) in [5.41, 5.74) is 1.37. The molecule has 1 N–H and O–H groups in total. The summed E-state index contributed by atoms with van der Waals surface area (Å²) in [6, 6.07) is 6.15. The van der Waals surface area contributed by atoms with Gasteiger partial charge in [0.15, 0.2) is 5.13 Å². The fraction of sp³-hybridized carbons (Fsp3) is 0.474. The van der Waals surface area contributed by atoms with E-state index >= 15 is 0 Å². The first-order valence-electron chi connectivity index (χ1n) is 9.41. The number of fused-ring (bicyclic) bond motifs is 1. The second-order valence-electron chi connectivity index (χ2n) is 7.24. The summed E-state index contributed by atoms with van der Waals surface area (Å²) in [6.45, 7) is 3.63. The van der Waals surface area contributed by atoms with Gasteiger partial charge in [0.05, 0.1) is 23.8 Å². The van der Waals surface area contributed by atoms with Gasteiger partial charge in [0.1, 0.15) is 0 Å². The Bertz CT molecular complexity index is 981. The number of ether oxygens (including phenoxy) is 1. The molecule has 28 heavy (non-hydrogen) atoms. The topological polar surface area (TPSA) is 88.6 Å². The monoisotopic (exact) mass is 421 g/mol. The molecule has 4 rings (SSSR count). The second-order valence-corrected chi connectivity index (χ2v) is 10.3. The van der Waals surface area contributed by atoms with Gasteiger partial charge in [0.2, 0.25) is 10.0 Å². The number of nitrogens with zero attached hydrogens (tertiary/aromatic N) is 2. The number of sulfonamides is 1. The van der Waals surface area contributed by atoms with E-state index in [1.54, 1.807) is 12.1 Å². The maximum Gasteiger partial charge on any atom is 0.257 e. The summed E-state index contributed by atoms with van der Waals surface area (Å²) >= 11 is 1.51. The van der Waals surface area contributed by atoms with Gasteiger partial charge in [0.25, 0.3) is 5.91 Å². The molecule has 1 aliphatic carbocycles. The van der Waals surface area contributed by atoms with Gasteiger partial charge in [-0.05, 0) is 43.4 Å². The van der Waals surface area contributed by atoms with Crippen molar-refractivity contribution in [1.82, 2.24) is 9.29 Å². The molecular formula is C19H23N3O4S2. The third-order valence-electron chi connectivity index (χ3n) is 5.11. The molecule has 0 bridgehead atoms. The molecule has 0 radical (unpaired) electrons. The predicted octanol–water partition coefficient (Wildman–Crippen LogP) is 2.54. The lowest BCUT2D eigenvalue weighted by Gasteiger charge is -2.26. The number of carbonyl (C=O) groups is 1. The number of anilines is 1. The standard InChI is InChI=1S/C19H23N3O4S2/c1-13-5-6-16-17(11-13)27-19(20-16)21-18(23)14-3-2-4-15(12-14)28(24,25)22-7-9-26-10-8-22/h2-4,12-13H,5-11H2,1H3,(H,20,21,23)/t13-/m0/s1. The van der Waals surface area contributed by atoms with Crippen LogP contribution in [0.3, 0.4) is 0 Å². The molecule has 2 heterocycles. The summed E-state index contributed by atoms with van der Waals surface area (Å²) < 4.78 is 32.2. The average Bonchev–Trinajstić information content (AvgIpc) is 3.10. The number of aromatic nitrogens is 1. The number of hydrogen-bond acceptors (Lipinski definition) is 6. The summed E-state index contributed by atoms with van der Waals surface area (Å²) in [6.07, 6.45) is 3.05. The van der Waals surface area contributed by atoms with Crippen molar-refractivity contribution in [3.63, 3.8) is 0 Å². The predicted molar refractivity (Wildman–Crippen MR) is 107 cm³/mol. The van der Waals surface area contributed by atoms with Crippen LogP contribution in [0.2, 0.25) is 0 Å². The van der Waals surface area contributed by atoms with Gasteiger partial charge in [-0.3, -0.25) is 10.1 Å². The zero-order chi connectivity index (χ0) is 19.7. The first-order chi connectivity index (χ1) is 13.4. The molecule has 1 aromatic heterocycles. The Balaban J connectivity index is 1.52. The average molecular weight is 422 g/mol. The van der Waals surface area contributed by atoms with Gasteiger partial charge >= 0.3 is 0 Å². The Kier molecular flexibility index (Phi) is 5.50. The third kappa shape index (κ3) is 3.98. The maximum absolute atomic E-state index is 12.8. The van der Waals surface area contributed by atoms with Crippen LogP contribution in [0.15, 0.2) is 29.2 Å². The van der Waals surface area contributed by atoms with E-state index in [-0.39, 0.29) is 10.8 Å². The van der Waals surface area contributed by atoms with E-state index in [0.717, 1.165) is 25.0 Å². The van der Waals surface area contributed by atoms with Gasteiger partial charge in [-0.1, -0.05) is 13.0 Å². The lowest BCUT2D eigenvalue weighted by atomic mass is 9.93. The third-order valence-corrected chi connectivity index (χ3v) is 8.04. The number of morpholine rings is 1. The van der Waals surface area contributed by atoms with Crippen LogP contribution in [0.25, 0.3) is 0 Å². The fourth-order valence-electron chi connectivity index (χ4n) is 3.50. The lowest BCUT2D eigenvalue weighted by molar-refractivity contribution is 0.0730. The number of benzene rings is 1. The number of rotatable bonds is 4. The van der Waals surface area contributed by atoms with Crippen molar-refractivity contribution in [2.24, 2.45) is 5.92 Å². The Morgan fingerprint density at radius 2 is 2.11 bits per heavy atom. The first kappa shape index (κ1) is 19.5. The molecule has 2 aliphatic rings. The van der Waals surface area contributed by atoms with Crippen molar-refractivity contribution in [3.8, 4) is 0 Å². The fourth-order valence-corrected chi connectivity index (χ4v) is 6.12. The smallest absolute Gasteiger partial charge is 0.257 e. The van der Waals surface area contributed by atoms with Gasteiger partial charge in [-0.2, -0.15) is 4.31 Å². The van der Waals surface area contributed by atoms with Crippen LogP contribution < -0.4 is 5.32 Å². The number of nitrogens with one attached hydrogen (secondary N) is 1. The van der Waals surface area contributed by atoms with Crippen LogP contribution in [-0.4, -0.2) is 49.9 Å². The van der Waals surface area contributed by atoms with Gasteiger partial charge in [-0.25, -0.2) is 13.4 Å². The molecule has 9 heteroatoms.